The molecule has 8 nitrogen and oxygen atoms in total. The van der Waals surface area contributed by atoms with Gasteiger partial charge >= 0.3 is 0 Å². The lowest BCUT2D eigenvalue weighted by molar-refractivity contribution is 0.101. The lowest BCUT2D eigenvalue weighted by Crippen LogP contribution is -2.13. The molecule has 0 unspecified atom stereocenters. The van der Waals surface area contributed by atoms with Gasteiger partial charge in [0.15, 0.2) is 5.69 Å². The molecule has 3 heterocycles. The number of rotatable bonds is 5. The van der Waals surface area contributed by atoms with Crippen LogP contribution in [0.1, 0.15) is 35.0 Å². The minimum absolute atomic E-state index is 0.256. The van der Waals surface area contributed by atoms with E-state index in [4.69, 9.17) is 9.26 Å². The summed E-state index contributed by atoms with van der Waals surface area (Å²) >= 11 is 0. The van der Waals surface area contributed by atoms with E-state index in [1.54, 1.807) is 25.4 Å². The van der Waals surface area contributed by atoms with Crippen molar-refractivity contribution in [3.63, 3.8) is 0 Å². The molecule has 28 heavy (non-hydrogen) atoms. The highest BCUT2D eigenvalue weighted by molar-refractivity contribution is 6.04. The van der Waals surface area contributed by atoms with Crippen LogP contribution < -0.4 is 10.1 Å². The van der Waals surface area contributed by atoms with Gasteiger partial charge in [-0.1, -0.05) is 5.16 Å². The maximum Gasteiger partial charge on any atom is 0.277 e. The van der Waals surface area contributed by atoms with Crippen LogP contribution in [0.5, 0.6) is 5.75 Å². The van der Waals surface area contributed by atoms with Crippen LogP contribution >= 0.6 is 0 Å². The number of carbonyl (C=O) groups is 1. The maximum absolute atomic E-state index is 12.6. The van der Waals surface area contributed by atoms with Gasteiger partial charge in [-0.25, -0.2) is 9.97 Å². The van der Waals surface area contributed by atoms with Crippen molar-refractivity contribution in [2.75, 3.05) is 12.4 Å². The summed E-state index contributed by atoms with van der Waals surface area (Å²) in [5, 5.41) is 6.74. The van der Waals surface area contributed by atoms with E-state index in [1.807, 2.05) is 35.0 Å². The molecule has 0 bridgehead atoms. The number of aromatic nitrogens is 4. The summed E-state index contributed by atoms with van der Waals surface area (Å²) in [6, 6.07) is 9.04. The second-order valence-electron chi connectivity index (χ2n) is 6.71. The first-order chi connectivity index (χ1) is 13.7. The molecular formula is C20H17N5O3. The zero-order chi connectivity index (χ0) is 19.1. The Morgan fingerprint density at radius 1 is 1.32 bits per heavy atom. The molecule has 1 aliphatic carbocycles. The van der Waals surface area contributed by atoms with Crippen LogP contribution in [0.3, 0.4) is 0 Å². The number of imidazole rings is 1. The fraction of sp³-hybridized carbons (Fsp3) is 0.200. The molecule has 3 aromatic heterocycles. The number of nitrogens with zero attached hydrogens (tertiary/aromatic N) is 4. The van der Waals surface area contributed by atoms with Crippen molar-refractivity contribution in [3.05, 3.63) is 60.4 Å². The Morgan fingerprint density at radius 2 is 2.21 bits per heavy atom. The predicted molar refractivity (Wildman–Crippen MR) is 101 cm³/mol. The fourth-order valence-electron chi connectivity index (χ4n) is 3.08. The summed E-state index contributed by atoms with van der Waals surface area (Å²) in [6.45, 7) is 0. The molecular weight excluding hydrogens is 358 g/mol. The molecule has 0 atom stereocenters. The quantitative estimate of drug-likeness (QED) is 0.573. The van der Waals surface area contributed by atoms with Crippen LogP contribution in [0.15, 0.2) is 53.4 Å². The summed E-state index contributed by atoms with van der Waals surface area (Å²) in [4.78, 5) is 21.4. The van der Waals surface area contributed by atoms with Gasteiger partial charge in [-0.2, -0.15) is 0 Å². The number of hydrogen-bond donors (Lipinski definition) is 1. The molecule has 8 heteroatoms. The van der Waals surface area contributed by atoms with Gasteiger partial charge in [0.05, 0.1) is 18.5 Å². The minimum Gasteiger partial charge on any atom is -0.495 e. The van der Waals surface area contributed by atoms with Gasteiger partial charge < -0.3 is 14.6 Å². The van der Waals surface area contributed by atoms with Crippen molar-refractivity contribution in [1.82, 2.24) is 19.5 Å². The van der Waals surface area contributed by atoms with Crippen LogP contribution in [-0.4, -0.2) is 32.5 Å². The third-order valence-electron chi connectivity index (χ3n) is 4.72. The van der Waals surface area contributed by atoms with E-state index < -0.39 is 0 Å². The highest BCUT2D eigenvalue weighted by Crippen LogP contribution is 2.40. The van der Waals surface area contributed by atoms with E-state index in [2.05, 4.69) is 20.4 Å². The second kappa shape index (κ2) is 6.49. The molecule has 0 spiro atoms. The van der Waals surface area contributed by atoms with E-state index in [9.17, 15) is 4.79 Å². The Kier molecular flexibility index (Phi) is 3.82. The molecule has 0 aliphatic heterocycles. The number of anilines is 1. The number of amides is 1. The van der Waals surface area contributed by atoms with Gasteiger partial charge in [0.2, 0.25) is 5.78 Å². The molecule has 0 radical (unpaired) electrons. The Bertz CT molecular complexity index is 1140. The van der Waals surface area contributed by atoms with Gasteiger partial charge in [-0.05, 0) is 37.1 Å². The van der Waals surface area contributed by atoms with Crippen LogP contribution in [0, 0.1) is 0 Å². The second-order valence-corrected chi connectivity index (χ2v) is 6.71. The van der Waals surface area contributed by atoms with Gasteiger partial charge in [-0.3, -0.25) is 9.20 Å². The predicted octanol–water partition coefficient (Wildman–Crippen LogP) is 3.52. The normalized spacial score (nSPS) is 13.6. The topological polar surface area (TPSA) is 94.6 Å². The number of nitrogens with one attached hydrogen (secondary N) is 1. The average molecular weight is 375 g/mol. The van der Waals surface area contributed by atoms with Crippen molar-refractivity contribution >= 4 is 17.4 Å². The smallest absolute Gasteiger partial charge is 0.277 e. The summed E-state index contributed by atoms with van der Waals surface area (Å²) in [5.74, 6) is 1.97. The van der Waals surface area contributed by atoms with E-state index in [1.165, 1.54) is 0 Å². The number of benzene rings is 1. The third-order valence-corrected chi connectivity index (χ3v) is 4.72. The van der Waals surface area contributed by atoms with Crippen molar-refractivity contribution in [2.24, 2.45) is 0 Å². The standard InChI is InChI=1S/C20H17N5O3/c1-27-17-6-5-13(16-11-25-8-2-7-21-20(25)23-16)9-14(17)22-19(26)15-10-18(28-24-15)12-3-4-12/h2,5-12H,3-4H2,1H3,(H,22,26). The fourth-order valence-corrected chi connectivity index (χ4v) is 3.08. The molecule has 1 fully saturated rings. The summed E-state index contributed by atoms with van der Waals surface area (Å²) in [7, 11) is 1.56. The van der Waals surface area contributed by atoms with E-state index in [0.717, 1.165) is 29.9 Å². The number of ether oxygens (including phenoxy) is 1. The molecule has 0 saturated heterocycles. The Hall–Kier alpha value is -3.68. The zero-order valence-corrected chi connectivity index (χ0v) is 15.1. The molecule has 1 N–H and O–H groups in total. The van der Waals surface area contributed by atoms with Gasteiger partial charge in [0.1, 0.15) is 11.5 Å². The lowest BCUT2D eigenvalue weighted by Gasteiger charge is -2.10. The number of carbonyl (C=O) groups excluding carboxylic acids is 1. The largest absolute Gasteiger partial charge is 0.495 e. The highest BCUT2D eigenvalue weighted by atomic mass is 16.5. The monoisotopic (exact) mass is 375 g/mol. The van der Waals surface area contributed by atoms with Crippen LogP contribution in [0.2, 0.25) is 0 Å². The molecule has 1 amide bonds. The van der Waals surface area contributed by atoms with Gasteiger partial charge in [-0.15, -0.1) is 0 Å². The third kappa shape index (κ3) is 2.98. The van der Waals surface area contributed by atoms with E-state index in [0.29, 0.717) is 23.1 Å². The molecule has 1 aliphatic rings. The SMILES string of the molecule is COc1ccc(-c2cn3cccnc3n2)cc1NC(=O)c1cc(C2CC2)on1. The summed E-state index contributed by atoms with van der Waals surface area (Å²) < 4.78 is 12.5. The van der Waals surface area contributed by atoms with Crippen molar-refractivity contribution in [1.29, 1.82) is 0 Å². The first-order valence-corrected chi connectivity index (χ1v) is 8.97. The maximum atomic E-state index is 12.6. The van der Waals surface area contributed by atoms with Crippen LogP contribution in [0.4, 0.5) is 5.69 Å². The van der Waals surface area contributed by atoms with Crippen LogP contribution in [-0.2, 0) is 0 Å². The van der Waals surface area contributed by atoms with Crippen molar-refractivity contribution in [3.8, 4) is 17.0 Å². The number of hydrogen-bond acceptors (Lipinski definition) is 6. The highest BCUT2D eigenvalue weighted by Gasteiger charge is 2.29. The molecule has 1 aromatic carbocycles. The average Bonchev–Trinajstić information content (AvgIpc) is 3.28. The number of fused-ring (bicyclic) bond motifs is 1. The van der Waals surface area contributed by atoms with Crippen molar-refractivity contribution < 1.29 is 14.1 Å². The Labute approximate surface area is 160 Å². The van der Waals surface area contributed by atoms with Gasteiger partial charge in [0.25, 0.3) is 5.91 Å². The summed E-state index contributed by atoms with van der Waals surface area (Å²) in [6.07, 6.45) is 7.63. The van der Waals surface area contributed by atoms with E-state index >= 15 is 0 Å². The molecule has 140 valence electrons. The number of methoxy groups -OCH3 is 1. The lowest BCUT2D eigenvalue weighted by atomic mass is 10.1. The first kappa shape index (κ1) is 16.5. The summed E-state index contributed by atoms with van der Waals surface area (Å²) in [5.41, 5.74) is 2.37. The van der Waals surface area contributed by atoms with Crippen molar-refractivity contribution in [2.45, 2.75) is 18.8 Å². The zero-order valence-electron chi connectivity index (χ0n) is 15.1. The van der Waals surface area contributed by atoms with Crippen LogP contribution in [0.25, 0.3) is 17.0 Å². The Balaban J connectivity index is 1.45. The first-order valence-electron chi connectivity index (χ1n) is 8.97. The van der Waals surface area contributed by atoms with Gasteiger partial charge in [0, 0.05) is 36.1 Å². The molecule has 1 saturated carbocycles. The van der Waals surface area contributed by atoms with E-state index in [-0.39, 0.29) is 11.6 Å². The Morgan fingerprint density at radius 3 is 3.00 bits per heavy atom. The molecule has 4 aromatic rings. The minimum atomic E-state index is -0.345. The molecule has 5 rings (SSSR count).